The van der Waals surface area contributed by atoms with Crippen molar-refractivity contribution < 1.29 is 0 Å². The molecule has 1 aliphatic carbocycles. The third-order valence-corrected chi connectivity index (χ3v) is 2.87. The van der Waals surface area contributed by atoms with Gasteiger partial charge in [-0.05, 0) is 24.3 Å². The fourth-order valence-corrected chi connectivity index (χ4v) is 2.02. The van der Waals surface area contributed by atoms with Crippen molar-refractivity contribution in [2.75, 3.05) is 0 Å². The Bertz CT molecular complexity index is 469. The summed E-state index contributed by atoms with van der Waals surface area (Å²) in [5, 5.41) is 9.15. The van der Waals surface area contributed by atoms with Gasteiger partial charge < -0.3 is 0 Å². The first-order valence-electron chi connectivity index (χ1n) is 4.35. The van der Waals surface area contributed by atoms with Crippen LogP contribution in [0.15, 0.2) is 0 Å². The summed E-state index contributed by atoms with van der Waals surface area (Å²) < 4.78 is 0. The zero-order valence-electron chi connectivity index (χ0n) is 7.59. The molecule has 0 spiro atoms. The van der Waals surface area contributed by atoms with Crippen molar-refractivity contribution in [3.8, 4) is 6.07 Å². The number of hydrogen-bond donors (Lipinski definition) is 0. The zero-order chi connectivity index (χ0) is 11.0. The average Bonchev–Trinajstić information content (AvgIpc) is 3.00. The van der Waals surface area contributed by atoms with Crippen LogP contribution < -0.4 is 0 Å². The van der Waals surface area contributed by atoms with E-state index in [0.717, 1.165) is 12.8 Å². The summed E-state index contributed by atoms with van der Waals surface area (Å²) in [5.74, 6) is 0.252. The summed E-state index contributed by atoms with van der Waals surface area (Å²) in [7, 11) is 0. The van der Waals surface area contributed by atoms with E-state index in [1.165, 1.54) is 0 Å². The van der Waals surface area contributed by atoms with Crippen LogP contribution in [-0.2, 0) is 0 Å². The maximum atomic E-state index is 8.97. The third kappa shape index (κ3) is 1.65. The highest BCUT2D eigenvalue weighted by Gasteiger charge is 2.32. The van der Waals surface area contributed by atoms with Gasteiger partial charge in [0.1, 0.15) is 16.4 Å². The number of rotatable bonds is 1. The Morgan fingerprint density at radius 1 is 1.40 bits per heavy atom. The molecule has 5 heteroatoms. The molecule has 0 N–H and O–H groups in total. The Kier molecular flexibility index (Phi) is 2.52. The average molecular weight is 238 g/mol. The second-order valence-corrected chi connectivity index (χ2v) is 4.04. The lowest BCUT2D eigenvalue weighted by Gasteiger charge is -2.07. The van der Waals surface area contributed by atoms with Gasteiger partial charge in [-0.3, -0.25) is 0 Å². The molecule has 0 radical (unpaired) electrons. The van der Waals surface area contributed by atoms with E-state index in [1.807, 2.05) is 6.07 Å². The monoisotopic (exact) mass is 237 g/mol. The molecule has 74 valence electrons. The molecule has 1 heterocycles. The molecule has 0 unspecified atom stereocenters. The molecule has 0 bridgehead atoms. The van der Waals surface area contributed by atoms with Crippen molar-refractivity contribution in [1.29, 1.82) is 5.26 Å². The van der Waals surface area contributed by atoms with E-state index in [4.69, 9.17) is 35.0 Å². The van der Waals surface area contributed by atoms with Crippen LogP contribution in [0, 0.1) is 17.9 Å². The topological polar surface area (TPSA) is 41.0 Å². The van der Waals surface area contributed by atoms with Crippen molar-refractivity contribution in [3.05, 3.63) is 32.9 Å². The van der Waals surface area contributed by atoms with Crippen molar-refractivity contribution in [2.45, 2.75) is 18.8 Å². The molecule has 1 saturated carbocycles. The highest BCUT2D eigenvalue weighted by atomic mass is 35.5. The van der Waals surface area contributed by atoms with E-state index in [-0.39, 0.29) is 21.9 Å². The van der Waals surface area contributed by atoms with Crippen LogP contribution in [-0.4, -0.2) is 4.98 Å². The van der Waals surface area contributed by atoms with Gasteiger partial charge in [0.2, 0.25) is 5.69 Å². The van der Waals surface area contributed by atoms with E-state index < -0.39 is 0 Å². The standard InChI is InChI=1S/C10H5Cl2N3/c1-14-8-7(5-2-3-5)6(4-13)9(11)15-10(8)12/h5H,2-3H2. The number of nitrogens with zero attached hydrogens (tertiary/aromatic N) is 3. The normalized spacial score (nSPS) is 14.4. The summed E-state index contributed by atoms with van der Waals surface area (Å²) in [6, 6.07) is 1.99. The molecular formula is C10H5Cl2N3. The SMILES string of the molecule is [C-]#[N+]c1c(Cl)nc(Cl)c(C#N)c1C1CC1. The molecule has 15 heavy (non-hydrogen) atoms. The van der Waals surface area contributed by atoms with Gasteiger partial charge in [-0.15, -0.1) is 0 Å². The Balaban J connectivity index is 2.76. The summed E-state index contributed by atoms with van der Waals surface area (Å²) in [6.45, 7) is 7.04. The molecular weight excluding hydrogens is 233 g/mol. The minimum atomic E-state index is 0.0934. The Morgan fingerprint density at radius 3 is 2.53 bits per heavy atom. The predicted molar refractivity (Wildman–Crippen MR) is 57.2 cm³/mol. The molecule has 1 aliphatic rings. The van der Waals surface area contributed by atoms with Gasteiger partial charge in [-0.1, -0.05) is 23.2 Å². The van der Waals surface area contributed by atoms with Gasteiger partial charge in [0.25, 0.3) is 0 Å². The van der Waals surface area contributed by atoms with Crippen molar-refractivity contribution in [2.24, 2.45) is 0 Å². The summed E-state index contributed by atoms with van der Waals surface area (Å²) >= 11 is 11.6. The molecule has 1 fully saturated rings. The first kappa shape index (κ1) is 10.2. The van der Waals surface area contributed by atoms with Crippen molar-refractivity contribution >= 4 is 28.9 Å². The molecule has 0 aromatic carbocycles. The Labute approximate surface area is 97.1 Å². The van der Waals surface area contributed by atoms with E-state index >= 15 is 0 Å². The van der Waals surface area contributed by atoms with Crippen LogP contribution in [0.25, 0.3) is 4.85 Å². The van der Waals surface area contributed by atoms with Crippen LogP contribution in [0.4, 0.5) is 5.69 Å². The summed E-state index contributed by atoms with van der Waals surface area (Å²) in [6.07, 6.45) is 1.96. The van der Waals surface area contributed by atoms with Crippen LogP contribution in [0.2, 0.25) is 10.3 Å². The lowest BCUT2D eigenvalue weighted by Crippen LogP contribution is -1.93. The van der Waals surface area contributed by atoms with Crippen LogP contribution in [0.5, 0.6) is 0 Å². The third-order valence-electron chi connectivity index (χ3n) is 2.33. The quantitative estimate of drug-likeness (QED) is 0.553. The minimum Gasteiger partial charge on any atom is -0.235 e. The van der Waals surface area contributed by atoms with Crippen LogP contribution >= 0.6 is 23.2 Å². The fraction of sp³-hybridized carbons (Fsp3) is 0.300. The first-order chi connectivity index (χ1) is 7.19. The fourth-order valence-electron chi connectivity index (χ4n) is 1.52. The van der Waals surface area contributed by atoms with Gasteiger partial charge in [0.15, 0.2) is 0 Å². The molecule has 0 saturated heterocycles. The lowest BCUT2D eigenvalue weighted by molar-refractivity contribution is 1.10. The second kappa shape index (κ2) is 3.70. The zero-order valence-corrected chi connectivity index (χ0v) is 9.10. The second-order valence-electron chi connectivity index (χ2n) is 3.33. The number of aromatic nitrogens is 1. The molecule has 0 amide bonds. The Hall–Kier alpha value is -1.29. The van der Waals surface area contributed by atoms with E-state index in [1.54, 1.807) is 0 Å². The van der Waals surface area contributed by atoms with Crippen molar-refractivity contribution in [1.82, 2.24) is 4.98 Å². The number of hydrogen-bond acceptors (Lipinski definition) is 2. The molecule has 3 nitrogen and oxygen atoms in total. The first-order valence-corrected chi connectivity index (χ1v) is 5.11. The van der Waals surface area contributed by atoms with E-state index in [9.17, 15) is 0 Å². The van der Waals surface area contributed by atoms with Gasteiger partial charge in [0.05, 0.1) is 12.1 Å². The van der Waals surface area contributed by atoms with E-state index in [0.29, 0.717) is 11.1 Å². The van der Waals surface area contributed by atoms with Crippen molar-refractivity contribution in [3.63, 3.8) is 0 Å². The molecule has 1 aromatic heterocycles. The van der Waals surface area contributed by atoms with E-state index in [2.05, 4.69) is 9.83 Å². The Morgan fingerprint density at radius 2 is 2.07 bits per heavy atom. The largest absolute Gasteiger partial charge is 0.235 e. The maximum Gasteiger partial charge on any atom is 0.228 e. The minimum absolute atomic E-state index is 0.0934. The smallest absolute Gasteiger partial charge is 0.228 e. The molecule has 0 aliphatic heterocycles. The molecule has 2 rings (SSSR count). The van der Waals surface area contributed by atoms with Gasteiger partial charge in [-0.2, -0.15) is 5.26 Å². The summed E-state index contributed by atoms with van der Waals surface area (Å²) in [5.41, 5.74) is 1.26. The highest BCUT2D eigenvalue weighted by molar-refractivity contribution is 6.35. The number of pyridine rings is 1. The number of halogens is 2. The highest BCUT2D eigenvalue weighted by Crippen LogP contribution is 2.48. The predicted octanol–water partition coefficient (Wildman–Crippen LogP) is 3.69. The van der Waals surface area contributed by atoms with Gasteiger partial charge in [0, 0.05) is 0 Å². The van der Waals surface area contributed by atoms with Crippen LogP contribution in [0.1, 0.15) is 29.9 Å². The van der Waals surface area contributed by atoms with Gasteiger partial charge >= 0.3 is 0 Å². The number of nitriles is 1. The maximum absolute atomic E-state index is 8.97. The van der Waals surface area contributed by atoms with Crippen LogP contribution in [0.3, 0.4) is 0 Å². The summed E-state index contributed by atoms with van der Waals surface area (Å²) in [4.78, 5) is 7.11. The van der Waals surface area contributed by atoms with Gasteiger partial charge in [-0.25, -0.2) is 9.83 Å². The lowest BCUT2D eigenvalue weighted by atomic mass is 10.1. The molecule has 1 aromatic rings. The molecule has 0 atom stereocenters.